The van der Waals surface area contributed by atoms with E-state index in [0.717, 1.165) is 19.6 Å². The first-order valence-electron chi connectivity index (χ1n) is 14.2. The summed E-state index contributed by atoms with van der Waals surface area (Å²) in [7, 11) is 1.79. The van der Waals surface area contributed by atoms with E-state index in [-0.39, 0.29) is 36.9 Å². The molecule has 2 saturated heterocycles. The van der Waals surface area contributed by atoms with E-state index in [4.69, 9.17) is 27.9 Å². The third kappa shape index (κ3) is 8.99. The highest BCUT2D eigenvalue weighted by Gasteiger charge is 2.28. The lowest BCUT2D eigenvalue weighted by Crippen LogP contribution is -2.50. The smallest absolute Gasteiger partial charge is 0.242 e. The van der Waals surface area contributed by atoms with Gasteiger partial charge in [-0.3, -0.25) is 14.4 Å². The predicted octanol–water partition coefficient (Wildman–Crippen LogP) is 4.27. The number of amides is 3. The second-order valence-electron chi connectivity index (χ2n) is 10.7. The van der Waals surface area contributed by atoms with Gasteiger partial charge in [-0.2, -0.15) is 0 Å². The number of carbonyl (C=O) groups excluding carboxylic acids is 3. The van der Waals surface area contributed by atoms with Gasteiger partial charge in [-0.1, -0.05) is 23.2 Å². The van der Waals surface area contributed by atoms with Gasteiger partial charge in [-0.05, 0) is 81.2 Å². The maximum absolute atomic E-state index is 13.6. The van der Waals surface area contributed by atoms with Gasteiger partial charge < -0.3 is 29.7 Å². The molecular weight excluding hydrogens is 565 g/mol. The van der Waals surface area contributed by atoms with Gasteiger partial charge in [0, 0.05) is 56.2 Å². The van der Waals surface area contributed by atoms with Gasteiger partial charge in [0.25, 0.3) is 0 Å². The quantitative estimate of drug-likeness (QED) is 0.413. The molecule has 2 heterocycles. The average Bonchev–Trinajstić information content (AvgIpc) is 3.48. The molecule has 0 bridgehead atoms. The number of carbonyl (C=O) groups is 3. The molecule has 222 valence electrons. The second kappa shape index (κ2) is 14.8. The lowest BCUT2D eigenvalue weighted by atomic mass is 10.0. The first kappa shape index (κ1) is 30.9. The molecule has 0 atom stereocenters. The van der Waals surface area contributed by atoms with Crippen LogP contribution in [0.2, 0.25) is 10.0 Å². The molecule has 2 aliphatic rings. The Kier molecular flexibility index (Phi) is 11.1. The topological polar surface area (TPSA) is 85.4 Å². The lowest BCUT2D eigenvalue weighted by molar-refractivity contribution is -0.133. The fourth-order valence-corrected chi connectivity index (χ4v) is 5.61. The van der Waals surface area contributed by atoms with Gasteiger partial charge >= 0.3 is 0 Å². The minimum atomic E-state index is -0.188. The van der Waals surface area contributed by atoms with E-state index in [1.807, 2.05) is 0 Å². The van der Waals surface area contributed by atoms with Crippen LogP contribution in [0.25, 0.3) is 0 Å². The Morgan fingerprint density at radius 1 is 0.951 bits per heavy atom. The van der Waals surface area contributed by atoms with Crippen molar-refractivity contribution in [2.45, 2.75) is 38.6 Å². The molecule has 0 aromatic heterocycles. The highest BCUT2D eigenvalue weighted by molar-refractivity contribution is 6.31. The summed E-state index contributed by atoms with van der Waals surface area (Å²) >= 11 is 12.4. The Morgan fingerprint density at radius 3 is 2.27 bits per heavy atom. The van der Waals surface area contributed by atoms with Crippen molar-refractivity contribution in [2.24, 2.45) is 0 Å². The Hall–Kier alpha value is -3.01. The molecule has 0 aliphatic carbocycles. The van der Waals surface area contributed by atoms with Crippen molar-refractivity contribution in [3.8, 4) is 11.5 Å². The highest BCUT2D eigenvalue weighted by atomic mass is 35.5. The van der Waals surface area contributed by atoms with Crippen molar-refractivity contribution in [1.82, 2.24) is 20.0 Å². The fourth-order valence-electron chi connectivity index (χ4n) is 5.32. The lowest BCUT2D eigenvalue weighted by Gasteiger charge is -2.37. The molecule has 2 aromatic carbocycles. The van der Waals surface area contributed by atoms with Crippen LogP contribution >= 0.6 is 23.2 Å². The number of likely N-dealkylation sites (tertiary alicyclic amines) is 2. The van der Waals surface area contributed by atoms with Crippen LogP contribution in [-0.2, 0) is 14.4 Å². The molecule has 41 heavy (non-hydrogen) atoms. The minimum absolute atomic E-state index is 0.0124. The molecule has 2 fully saturated rings. The molecule has 2 aliphatic heterocycles. The third-order valence-electron chi connectivity index (χ3n) is 7.76. The molecular formula is C30H39Cl2N5O4. The number of nitrogens with one attached hydrogen (secondary N) is 1. The predicted molar refractivity (Wildman–Crippen MR) is 162 cm³/mol. The van der Waals surface area contributed by atoms with E-state index in [2.05, 4.69) is 10.2 Å². The number of halogens is 2. The zero-order valence-electron chi connectivity index (χ0n) is 23.8. The number of ether oxygens (including phenoxy) is 1. The molecule has 4 rings (SSSR count). The van der Waals surface area contributed by atoms with Gasteiger partial charge in [-0.25, -0.2) is 0 Å². The fraction of sp³-hybridized carbons (Fsp3) is 0.500. The summed E-state index contributed by atoms with van der Waals surface area (Å²) < 4.78 is 6.16. The van der Waals surface area contributed by atoms with E-state index in [0.29, 0.717) is 59.7 Å². The molecule has 2 aromatic rings. The molecule has 0 saturated carbocycles. The number of rotatable bonds is 11. The summed E-state index contributed by atoms with van der Waals surface area (Å²) in [5.74, 6) is 0.759. The minimum Gasteiger partial charge on any atom is -0.455 e. The average molecular weight is 605 g/mol. The zero-order valence-corrected chi connectivity index (χ0v) is 25.3. The van der Waals surface area contributed by atoms with Crippen LogP contribution in [0, 0.1) is 0 Å². The normalized spacial score (nSPS) is 16.0. The van der Waals surface area contributed by atoms with Crippen molar-refractivity contribution in [2.75, 3.05) is 64.3 Å². The zero-order chi connectivity index (χ0) is 29.4. The van der Waals surface area contributed by atoms with Crippen LogP contribution in [0.5, 0.6) is 11.5 Å². The van der Waals surface area contributed by atoms with Crippen LogP contribution in [-0.4, -0.2) is 97.9 Å². The summed E-state index contributed by atoms with van der Waals surface area (Å²) in [6, 6.07) is 12.1. The number of anilines is 1. The SMILES string of the molecule is CC(=O)N1CCC(N(C)C(=O)CN(CC(=O)NCCN2CCCC2)c2cc(Cl)ccc2Oc2ccc(Cl)cc2)CC1. The van der Waals surface area contributed by atoms with Gasteiger partial charge in [0.1, 0.15) is 5.75 Å². The van der Waals surface area contributed by atoms with Crippen molar-refractivity contribution < 1.29 is 19.1 Å². The summed E-state index contributed by atoms with van der Waals surface area (Å²) in [4.78, 5) is 46.0. The largest absolute Gasteiger partial charge is 0.455 e. The van der Waals surface area contributed by atoms with Gasteiger partial charge in [-0.15, -0.1) is 0 Å². The Morgan fingerprint density at radius 2 is 1.61 bits per heavy atom. The Bertz CT molecular complexity index is 1200. The maximum Gasteiger partial charge on any atom is 0.242 e. The van der Waals surface area contributed by atoms with E-state index in [1.54, 1.807) is 71.1 Å². The van der Waals surface area contributed by atoms with Gasteiger partial charge in [0.2, 0.25) is 17.7 Å². The molecule has 11 heteroatoms. The number of likely N-dealkylation sites (N-methyl/N-ethyl adjacent to an activating group) is 1. The highest BCUT2D eigenvalue weighted by Crippen LogP contribution is 2.35. The van der Waals surface area contributed by atoms with Crippen molar-refractivity contribution in [3.63, 3.8) is 0 Å². The van der Waals surface area contributed by atoms with Crippen LogP contribution in [0.15, 0.2) is 42.5 Å². The molecule has 0 spiro atoms. The van der Waals surface area contributed by atoms with E-state index in [9.17, 15) is 14.4 Å². The molecule has 1 N–H and O–H groups in total. The number of hydrogen-bond donors (Lipinski definition) is 1. The van der Waals surface area contributed by atoms with E-state index < -0.39 is 0 Å². The standard InChI is InChI=1S/C30H39Cl2N5O4/c1-22(38)36-16-11-25(12-17-36)34(2)30(40)21-37(20-29(39)33-13-18-35-14-3-4-15-35)27-19-24(32)7-10-28(27)41-26-8-5-23(31)6-9-26/h5-10,19,25H,3-4,11-18,20-21H2,1-2H3,(H,33,39). The van der Waals surface area contributed by atoms with Crippen LogP contribution < -0.4 is 15.0 Å². The van der Waals surface area contributed by atoms with Crippen molar-refractivity contribution in [1.29, 1.82) is 0 Å². The van der Waals surface area contributed by atoms with E-state index in [1.165, 1.54) is 12.8 Å². The monoisotopic (exact) mass is 603 g/mol. The first-order chi connectivity index (χ1) is 19.7. The van der Waals surface area contributed by atoms with Crippen LogP contribution in [0.3, 0.4) is 0 Å². The number of nitrogens with zero attached hydrogens (tertiary/aromatic N) is 4. The van der Waals surface area contributed by atoms with Crippen molar-refractivity contribution >= 4 is 46.6 Å². The number of benzene rings is 2. The number of piperidine rings is 1. The first-order valence-corrected chi connectivity index (χ1v) is 14.9. The van der Waals surface area contributed by atoms with Gasteiger partial charge in [0.15, 0.2) is 5.75 Å². The molecule has 9 nitrogen and oxygen atoms in total. The summed E-state index contributed by atoms with van der Waals surface area (Å²) in [6.07, 6.45) is 3.80. The van der Waals surface area contributed by atoms with Crippen LogP contribution in [0.1, 0.15) is 32.6 Å². The third-order valence-corrected chi connectivity index (χ3v) is 8.25. The molecule has 3 amide bonds. The molecule has 0 unspecified atom stereocenters. The second-order valence-corrected chi connectivity index (χ2v) is 11.5. The van der Waals surface area contributed by atoms with Crippen LogP contribution in [0.4, 0.5) is 5.69 Å². The molecule has 0 radical (unpaired) electrons. The number of hydrogen-bond acceptors (Lipinski definition) is 6. The Labute approximate surface area is 252 Å². The summed E-state index contributed by atoms with van der Waals surface area (Å²) in [6.45, 7) is 6.18. The van der Waals surface area contributed by atoms with Crippen molar-refractivity contribution in [3.05, 3.63) is 52.5 Å². The van der Waals surface area contributed by atoms with E-state index >= 15 is 0 Å². The Balaban J connectivity index is 1.50. The summed E-state index contributed by atoms with van der Waals surface area (Å²) in [5, 5.41) is 4.05. The summed E-state index contributed by atoms with van der Waals surface area (Å²) in [5.41, 5.74) is 0.537. The maximum atomic E-state index is 13.6. The van der Waals surface area contributed by atoms with Gasteiger partial charge in [0.05, 0.1) is 18.8 Å².